The lowest BCUT2D eigenvalue weighted by Gasteiger charge is -2.15. The Morgan fingerprint density at radius 3 is 2.27 bits per heavy atom. The van der Waals surface area contributed by atoms with E-state index >= 15 is 0 Å². The maximum absolute atomic E-state index is 11.6. The number of benzene rings is 3. The van der Waals surface area contributed by atoms with Crippen molar-refractivity contribution in [2.75, 3.05) is 0 Å². The number of aromatic nitrogens is 5. The second-order valence-electron chi connectivity index (χ2n) is 11.1. The molecule has 6 rings (SSSR count). The molecular formula is C36H35N5O4. The van der Waals surface area contributed by atoms with Crippen LogP contribution in [0.25, 0.3) is 34.0 Å². The summed E-state index contributed by atoms with van der Waals surface area (Å²) < 4.78 is 17.1. The van der Waals surface area contributed by atoms with Crippen molar-refractivity contribution in [1.82, 2.24) is 25.1 Å². The van der Waals surface area contributed by atoms with Gasteiger partial charge >= 0.3 is 5.76 Å². The molecule has 3 aromatic carbocycles. The van der Waals surface area contributed by atoms with E-state index in [1.165, 1.54) is 5.56 Å². The second kappa shape index (κ2) is 13.1. The first kappa shape index (κ1) is 29.7. The summed E-state index contributed by atoms with van der Waals surface area (Å²) in [6.45, 7) is 8.27. The summed E-state index contributed by atoms with van der Waals surface area (Å²) in [5, 5.41) is 3.88. The van der Waals surface area contributed by atoms with E-state index in [1.807, 2.05) is 62.4 Å². The van der Waals surface area contributed by atoms with Crippen LogP contribution in [-0.2, 0) is 19.4 Å². The Kier molecular flexibility index (Phi) is 8.68. The fourth-order valence-electron chi connectivity index (χ4n) is 5.29. The number of unbranched alkanes of at least 4 members (excludes halogenated alkanes) is 1. The summed E-state index contributed by atoms with van der Waals surface area (Å²) in [5.74, 6) is 2.34. The third kappa shape index (κ3) is 6.77. The van der Waals surface area contributed by atoms with Crippen LogP contribution in [0.1, 0.15) is 59.4 Å². The molecule has 6 aromatic rings. The molecule has 9 heteroatoms. The highest BCUT2D eigenvalue weighted by molar-refractivity contribution is 5.80. The predicted octanol–water partition coefficient (Wildman–Crippen LogP) is 7.58. The van der Waals surface area contributed by atoms with Crippen molar-refractivity contribution in [3.05, 3.63) is 123 Å². The van der Waals surface area contributed by atoms with Crippen LogP contribution in [0.15, 0.2) is 86.5 Å². The van der Waals surface area contributed by atoms with Crippen molar-refractivity contribution in [3.8, 4) is 39.8 Å². The lowest BCUT2D eigenvalue weighted by Crippen LogP contribution is -2.09. The monoisotopic (exact) mass is 601 g/mol. The first-order valence-electron chi connectivity index (χ1n) is 15.1. The zero-order chi connectivity index (χ0) is 31.3. The van der Waals surface area contributed by atoms with Gasteiger partial charge in [-0.05, 0) is 62.4 Å². The first-order valence-corrected chi connectivity index (χ1v) is 15.1. The Morgan fingerprint density at radius 1 is 0.822 bits per heavy atom. The van der Waals surface area contributed by atoms with E-state index < -0.39 is 5.76 Å². The van der Waals surface area contributed by atoms with Crippen LogP contribution in [0, 0.1) is 20.8 Å². The minimum Gasteiger partial charge on any atom is -0.471 e. The van der Waals surface area contributed by atoms with Crippen LogP contribution in [0.2, 0.25) is 0 Å². The Labute approximate surface area is 261 Å². The predicted molar refractivity (Wildman–Crippen MR) is 172 cm³/mol. The van der Waals surface area contributed by atoms with E-state index in [4.69, 9.17) is 28.6 Å². The van der Waals surface area contributed by atoms with Crippen LogP contribution in [-0.4, -0.2) is 25.1 Å². The van der Waals surface area contributed by atoms with Gasteiger partial charge in [0.15, 0.2) is 5.82 Å². The molecule has 0 atom stereocenters. The minimum absolute atomic E-state index is 0.234. The number of oxazole rings is 1. The van der Waals surface area contributed by atoms with Gasteiger partial charge in [0.05, 0.1) is 5.69 Å². The maximum atomic E-state index is 11.6. The fraction of sp³-hybridized carbons (Fsp3) is 0.250. The van der Waals surface area contributed by atoms with E-state index in [9.17, 15) is 4.79 Å². The number of nitrogens with zero attached hydrogens (tertiary/aromatic N) is 4. The molecule has 0 fully saturated rings. The molecule has 0 amide bonds. The van der Waals surface area contributed by atoms with Crippen molar-refractivity contribution < 1.29 is 13.7 Å². The molecule has 0 spiro atoms. The number of rotatable bonds is 11. The van der Waals surface area contributed by atoms with E-state index in [2.05, 4.69) is 48.3 Å². The maximum Gasteiger partial charge on any atom is 0.439 e. The van der Waals surface area contributed by atoms with Gasteiger partial charge < -0.3 is 9.15 Å². The molecular weight excluding hydrogens is 566 g/mol. The van der Waals surface area contributed by atoms with Crippen molar-refractivity contribution in [2.24, 2.45) is 0 Å². The molecule has 3 heterocycles. The van der Waals surface area contributed by atoms with Crippen LogP contribution in [0.5, 0.6) is 5.88 Å². The van der Waals surface area contributed by atoms with Crippen LogP contribution in [0.3, 0.4) is 0 Å². The largest absolute Gasteiger partial charge is 0.471 e. The number of nitrogens with one attached hydrogen (secondary N) is 1. The second-order valence-corrected chi connectivity index (χ2v) is 11.1. The van der Waals surface area contributed by atoms with Crippen LogP contribution in [0.4, 0.5) is 0 Å². The molecule has 9 nitrogen and oxygen atoms in total. The van der Waals surface area contributed by atoms with E-state index in [1.54, 1.807) is 0 Å². The molecule has 0 radical (unpaired) electrons. The SMILES string of the molecule is CCCCc1nc(C)nc(OCc2nc(-c3ccc(C)cc3)oc2C)c1Cc1ccc(-c2ccccc2-c2noc(=O)[nH]2)cc1. The molecule has 1 N–H and O–H groups in total. The van der Waals surface area contributed by atoms with Crippen LogP contribution >= 0.6 is 0 Å². The van der Waals surface area contributed by atoms with Gasteiger partial charge in [-0.3, -0.25) is 9.51 Å². The highest BCUT2D eigenvalue weighted by Gasteiger charge is 2.19. The van der Waals surface area contributed by atoms with Crippen molar-refractivity contribution in [1.29, 1.82) is 0 Å². The molecule has 45 heavy (non-hydrogen) atoms. The van der Waals surface area contributed by atoms with Gasteiger partial charge in [0.1, 0.15) is 23.9 Å². The van der Waals surface area contributed by atoms with E-state index in [-0.39, 0.29) is 6.61 Å². The number of ether oxygens (including phenoxy) is 1. The van der Waals surface area contributed by atoms with Gasteiger partial charge in [-0.2, -0.15) is 4.98 Å². The zero-order valence-electron chi connectivity index (χ0n) is 25.9. The third-order valence-corrected chi connectivity index (χ3v) is 7.74. The lowest BCUT2D eigenvalue weighted by molar-refractivity contribution is 0.282. The molecule has 228 valence electrons. The van der Waals surface area contributed by atoms with Gasteiger partial charge in [-0.15, -0.1) is 0 Å². The average Bonchev–Trinajstić information content (AvgIpc) is 3.65. The molecule has 0 saturated carbocycles. The van der Waals surface area contributed by atoms with Crippen molar-refractivity contribution in [2.45, 2.75) is 60.0 Å². The molecule has 0 saturated heterocycles. The average molecular weight is 602 g/mol. The summed E-state index contributed by atoms with van der Waals surface area (Å²) in [4.78, 5) is 28.5. The Bertz CT molecular complexity index is 1970. The molecule has 0 unspecified atom stereocenters. The van der Waals surface area contributed by atoms with Gasteiger partial charge in [-0.25, -0.2) is 14.8 Å². The highest BCUT2D eigenvalue weighted by Crippen LogP contribution is 2.31. The Balaban J connectivity index is 1.27. The Morgan fingerprint density at radius 2 is 1.56 bits per heavy atom. The number of hydrogen-bond donors (Lipinski definition) is 1. The van der Waals surface area contributed by atoms with Gasteiger partial charge in [-0.1, -0.05) is 84.7 Å². The van der Waals surface area contributed by atoms with Crippen molar-refractivity contribution in [3.63, 3.8) is 0 Å². The number of aryl methyl sites for hydroxylation is 4. The summed E-state index contributed by atoms with van der Waals surface area (Å²) in [5.41, 5.74) is 8.63. The molecule has 3 aromatic heterocycles. The molecule has 0 bridgehead atoms. The smallest absolute Gasteiger partial charge is 0.439 e. The topological polar surface area (TPSA) is 120 Å². The quantitative estimate of drug-likeness (QED) is 0.161. The van der Waals surface area contributed by atoms with Gasteiger partial charge in [0, 0.05) is 23.1 Å². The molecule has 0 aliphatic carbocycles. The third-order valence-electron chi connectivity index (χ3n) is 7.74. The molecule has 0 aliphatic rings. The zero-order valence-corrected chi connectivity index (χ0v) is 25.9. The minimum atomic E-state index is -0.585. The number of hydrogen-bond acceptors (Lipinski definition) is 8. The fourth-order valence-corrected chi connectivity index (χ4v) is 5.29. The first-order chi connectivity index (χ1) is 21.9. The Hall–Kier alpha value is -5.31. The number of aromatic amines is 1. The van der Waals surface area contributed by atoms with E-state index in [0.29, 0.717) is 29.8 Å². The standard InChI is InChI=1S/C36H35N5O4/c1-5-6-11-31-30(20-25-14-18-26(19-15-25)28-9-7-8-10-29(28)33-40-36(42)45-41-33)35(38-24(4)37-31)43-21-32-23(3)44-34(39-32)27-16-12-22(2)13-17-27/h7-10,12-19H,5-6,11,20-21H2,1-4H3,(H,40,41,42). The lowest BCUT2D eigenvalue weighted by atomic mass is 9.96. The number of H-pyrrole nitrogens is 1. The van der Waals surface area contributed by atoms with Gasteiger partial charge in [0.25, 0.3) is 0 Å². The molecule has 0 aliphatic heterocycles. The highest BCUT2D eigenvalue weighted by atomic mass is 16.5. The van der Waals surface area contributed by atoms with Crippen LogP contribution < -0.4 is 10.5 Å². The van der Waals surface area contributed by atoms with Gasteiger partial charge in [0.2, 0.25) is 11.8 Å². The van der Waals surface area contributed by atoms with E-state index in [0.717, 1.165) is 69.8 Å². The summed E-state index contributed by atoms with van der Waals surface area (Å²) in [6, 6.07) is 24.2. The van der Waals surface area contributed by atoms with Crippen molar-refractivity contribution >= 4 is 0 Å². The summed E-state index contributed by atoms with van der Waals surface area (Å²) in [6.07, 6.45) is 3.53. The summed E-state index contributed by atoms with van der Waals surface area (Å²) in [7, 11) is 0. The normalized spacial score (nSPS) is 11.2. The summed E-state index contributed by atoms with van der Waals surface area (Å²) >= 11 is 0.